The first-order valence-corrected chi connectivity index (χ1v) is 5.96. The van der Waals surface area contributed by atoms with Gasteiger partial charge in [0, 0.05) is 17.8 Å². The van der Waals surface area contributed by atoms with Crippen molar-refractivity contribution in [2.24, 2.45) is 0 Å². The van der Waals surface area contributed by atoms with Crippen molar-refractivity contribution in [3.63, 3.8) is 0 Å². The summed E-state index contributed by atoms with van der Waals surface area (Å²) >= 11 is 0. The highest BCUT2D eigenvalue weighted by atomic mass is 16.3. The third-order valence-electron chi connectivity index (χ3n) is 3.48. The Morgan fingerprint density at radius 1 is 1.53 bits per heavy atom. The molecule has 1 aliphatic rings. The van der Waals surface area contributed by atoms with Crippen LogP contribution < -0.4 is 11.2 Å². The standard InChI is InChI=1S/C12H18N2O3/c1-8-7-14(11(16)13-10(8)15)9(2)3-4-12(17)5-6-12/h7,9,17H,3-6H2,1-2H3,(H,13,15,16). The van der Waals surface area contributed by atoms with Crippen LogP contribution in [0.3, 0.4) is 0 Å². The van der Waals surface area contributed by atoms with Crippen molar-refractivity contribution in [3.8, 4) is 0 Å². The first-order chi connectivity index (χ1) is 7.91. The predicted molar refractivity (Wildman–Crippen MR) is 64.2 cm³/mol. The molecule has 0 saturated heterocycles. The van der Waals surface area contributed by atoms with Crippen LogP contribution >= 0.6 is 0 Å². The van der Waals surface area contributed by atoms with Gasteiger partial charge in [0.25, 0.3) is 5.56 Å². The van der Waals surface area contributed by atoms with Gasteiger partial charge in [-0.3, -0.25) is 14.3 Å². The van der Waals surface area contributed by atoms with E-state index in [1.165, 1.54) is 4.57 Å². The van der Waals surface area contributed by atoms with E-state index in [9.17, 15) is 14.7 Å². The van der Waals surface area contributed by atoms with Gasteiger partial charge in [-0.25, -0.2) is 4.79 Å². The lowest BCUT2D eigenvalue weighted by Gasteiger charge is -2.16. The monoisotopic (exact) mass is 238 g/mol. The van der Waals surface area contributed by atoms with Crippen LogP contribution in [-0.2, 0) is 0 Å². The Morgan fingerprint density at radius 2 is 2.18 bits per heavy atom. The molecule has 0 bridgehead atoms. The van der Waals surface area contributed by atoms with Crippen molar-refractivity contribution in [2.75, 3.05) is 0 Å². The Morgan fingerprint density at radius 3 is 2.76 bits per heavy atom. The maximum atomic E-state index is 11.6. The average Bonchev–Trinajstić information content (AvgIpc) is 2.99. The molecular weight excluding hydrogens is 220 g/mol. The molecule has 2 rings (SSSR count). The van der Waals surface area contributed by atoms with Gasteiger partial charge in [-0.15, -0.1) is 0 Å². The summed E-state index contributed by atoms with van der Waals surface area (Å²) in [5.41, 5.74) is -0.675. The number of hydrogen-bond donors (Lipinski definition) is 2. The molecule has 5 heteroatoms. The maximum absolute atomic E-state index is 11.6. The van der Waals surface area contributed by atoms with Gasteiger partial charge >= 0.3 is 5.69 Å². The van der Waals surface area contributed by atoms with Crippen LogP contribution in [0.15, 0.2) is 15.8 Å². The Hall–Kier alpha value is -1.36. The molecule has 94 valence electrons. The Kier molecular flexibility index (Phi) is 2.95. The molecule has 0 spiro atoms. The molecule has 0 aromatic carbocycles. The Labute approximate surface area is 99.1 Å². The fourth-order valence-corrected chi connectivity index (χ4v) is 1.92. The first-order valence-electron chi connectivity index (χ1n) is 5.96. The lowest BCUT2D eigenvalue weighted by molar-refractivity contribution is 0.131. The van der Waals surface area contributed by atoms with Gasteiger partial charge in [0.05, 0.1) is 5.60 Å². The minimum atomic E-state index is -0.491. The lowest BCUT2D eigenvalue weighted by atomic mass is 10.1. The summed E-state index contributed by atoms with van der Waals surface area (Å²) in [5.74, 6) is 0. The van der Waals surface area contributed by atoms with E-state index in [1.807, 2.05) is 6.92 Å². The van der Waals surface area contributed by atoms with E-state index in [0.29, 0.717) is 12.0 Å². The van der Waals surface area contributed by atoms with Crippen molar-refractivity contribution in [1.29, 1.82) is 0 Å². The number of nitrogens with zero attached hydrogens (tertiary/aromatic N) is 1. The van der Waals surface area contributed by atoms with Gasteiger partial charge in [-0.05, 0) is 39.5 Å². The van der Waals surface area contributed by atoms with Gasteiger partial charge < -0.3 is 5.11 Å². The van der Waals surface area contributed by atoms with E-state index >= 15 is 0 Å². The van der Waals surface area contributed by atoms with Crippen LogP contribution in [0.25, 0.3) is 0 Å². The van der Waals surface area contributed by atoms with Gasteiger partial charge in [0.1, 0.15) is 0 Å². The highest BCUT2D eigenvalue weighted by Crippen LogP contribution is 2.40. The molecule has 1 unspecified atom stereocenters. The molecule has 0 amide bonds. The number of aryl methyl sites for hydroxylation is 1. The van der Waals surface area contributed by atoms with E-state index in [1.54, 1.807) is 13.1 Å². The molecule has 1 fully saturated rings. The van der Waals surface area contributed by atoms with Crippen LogP contribution in [0.5, 0.6) is 0 Å². The van der Waals surface area contributed by atoms with E-state index in [2.05, 4.69) is 4.98 Å². The Balaban J connectivity index is 2.13. The number of hydrogen-bond acceptors (Lipinski definition) is 3. The lowest BCUT2D eigenvalue weighted by Crippen LogP contribution is -2.32. The van der Waals surface area contributed by atoms with Crippen LogP contribution in [0.1, 0.15) is 44.2 Å². The summed E-state index contributed by atoms with van der Waals surface area (Å²) in [5, 5.41) is 9.75. The molecule has 0 aliphatic heterocycles. The topological polar surface area (TPSA) is 75.1 Å². The van der Waals surface area contributed by atoms with Crippen molar-refractivity contribution >= 4 is 0 Å². The van der Waals surface area contributed by atoms with Gasteiger partial charge in [-0.2, -0.15) is 0 Å². The summed E-state index contributed by atoms with van der Waals surface area (Å²) in [6, 6.07) is -0.0114. The fraction of sp³-hybridized carbons (Fsp3) is 0.667. The third kappa shape index (κ3) is 2.66. The summed E-state index contributed by atoms with van der Waals surface area (Å²) in [6.07, 6.45) is 4.75. The smallest absolute Gasteiger partial charge is 0.328 e. The summed E-state index contributed by atoms with van der Waals surface area (Å²) in [6.45, 7) is 3.60. The van der Waals surface area contributed by atoms with Crippen molar-refractivity contribution in [1.82, 2.24) is 9.55 Å². The quantitative estimate of drug-likeness (QED) is 0.811. The highest BCUT2D eigenvalue weighted by Gasteiger charge is 2.39. The van der Waals surface area contributed by atoms with Crippen LogP contribution in [0.4, 0.5) is 0 Å². The van der Waals surface area contributed by atoms with Gasteiger partial charge in [0.2, 0.25) is 0 Å². The number of aromatic nitrogens is 2. The molecular formula is C12H18N2O3. The number of aliphatic hydroxyl groups is 1. The van der Waals surface area contributed by atoms with Gasteiger partial charge in [0.15, 0.2) is 0 Å². The van der Waals surface area contributed by atoms with E-state index in [-0.39, 0.29) is 17.3 Å². The first kappa shape index (κ1) is 12.1. The molecule has 1 aromatic heterocycles. The molecule has 1 saturated carbocycles. The summed E-state index contributed by atoms with van der Waals surface area (Å²) in [4.78, 5) is 25.1. The van der Waals surface area contributed by atoms with E-state index in [4.69, 9.17) is 0 Å². The maximum Gasteiger partial charge on any atom is 0.328 e. The van der Waals surface area contributed by atoms with E-state index in [0.717, 1.165) is 19.3 Å². The van der Waals surface area contributed by atoms with Gasteiger partial charge in [-0.1, -0.05) is 0 Å². The zero-order valence-corrected chi connectivity index (χ0v) is 10.2. The number of aromatic amines is 1. The Bertz CT molecular complexity index is 525. The van der Waals surface area contributed by atoms with Crippen LogP contribution in [0, 0.1) is 6.92 Å². The fourth-order valence-electron chi connectivity index (χ4n) is 1.92. The zero-order chi connectivity index (χ0) is 12.6. The third-order valence-corrected chi connectivity index (χ3v) is 3.48. The molecule has 1 aliphatic carbocycles. The number of nitrogens with one attached hydrogen (secondary N) is 1. The second-order valence-corrected chi connectivity index (χ2v) is 5.09. The van der Waals surface area contributed by atoms with Crippen LogP contribution in [-0.4, -0.2) is 20.3 Å². The van der Waals surface area contributed by atoms with Crippen molar-refractivity contribution < 1.29 is 5.11 Å². The molecule has 0 radical (unpaired) electrons. The van der Waals surface area contributed by atoms with Crippen molar-refractivity contribution in [2.45, 2.75) is 51.2 Å². The second-order valence-electron chi connectivity index (χ2n) is 5.09. The van der Waals surface area contributed by atoms with Crippen molar-refractivity contribution in [3.05, 3.63) is 32.6 Å². The largest absolute Gasteiger partial charge is 0.390 e. The highest BCUT2D eigenvalue weighted by molar-refractivity contribution is 5.02. The van der Waals surface area contributed by atoms with E-state index < -0.39 is 5.60 Å². The average molecular weight is 238 g/mol. The molecule has 5 nitrogen and oxygen atoms in total. The molecule has 17 heavy (non-hydrogen) atoms. The second kappa shape index (κ2) is 4.14. The van der Waals surface area contributed by atoms with Crippen LogP contribution in [0.2, 0.25) is 0 Å². The number of rotatable bonds is 4. The minimum absolute atomic E-state index is 0.0114. The summed E-state index contributed by atoms with van der Waals surface area (Å²) < 4.78 is 1.53. The molecule has 1 heterocycles. The minimum Gasteiger partial charge on any atom is -0.390 e. The summed E-state index contributed by atoms with van der Waals surface area (Å²) in [7, 11) is 0. The molecule has 1 atom stereocenters. The number of H-pyrrole nitrogens is 1. The molecule has 2 N–H and O–H groups in total. The SMILES string of the molecule is Cc1cn(C(C)CCC2(O)CC2)c(=O)[nH]c1=O. The predicted octanol–water partition coefficient (Wildman–Crippen LogP) is 0.711. The zero-order valence-electron chi connectivity index (χ0n) is 10.2. The molecule has 1 aromatic rings. The normalized spacial score (nSPS) is 19.0.